The third-order valence-electron chi connectivity index (χ3n) is 4.54. The first-order valence-corrected chi connectivity index (χ1v) is 7.55. The molecule has 0 saturated carbocycles. The summed E-state index contributed by atoms with van der Waals surface area (Å²) in [7, 11) is 0. The van der Waals surface area contributed by atoms with Crippen LogP contribution in [0.2, 0.25) is 0 Å². The second-order valence-electron chi connectivity index (χ2n) is 6.04. The van der Waals surface area contributed by atoms with E-state index in [1.54, 1.807) is 12.1 Å². The van der Waals surface area contributed by atoms with E-state index in [0.717, 1.165) is 37.0 Å². The summed E-state index contributed by atoms with van der Waals surface area (Å²) in [6.07, 6.45) is 2.97. The lowest BCUT2D eigenvalue weighted by Crippen LogP contribution is -2.44. The Balaban J connectivity index is 2.00. The zero-order valence-corrected chi connectivity index (χ0v) is 13.0. The first-order chi connectivity index (χ1) is 9.95. The highest BCUT2D eigenvalue weighted by Gasteiger charge is 2.31. The minimum Gasteiger partial charge on any atom is -0.375 e. The Morgan fingerprint density at radius 2 is 2.29 bits per heavy atom. The van der Waals surface area contributed by atoms with Crippen LogP contribution < -0.4 is 5.32 Å². The van der Waals surface area contributed by atoms with Crippen molar-refractivity contribution in [3.63, 3.8) is 0 Å². The van der Waals surface area contributed by atoms with Gasteiger partial charge in [-0.2, -0.15) is 0 Å². The van der Waals surface area contributed by atoms with Gasteiger partial charge in [-0.05, 0) is 38.7 Å². The molecule has 0 aromatic heterocycles. The van der Waals surface area contributed by atoms with Crippen LogP contribution in [-0.2, 0) is 11.3 Å². The van der Waals surface area contributed by atoms with Crippen molar-refractivity contribution in [2.45, 2.75) is 58.2 Å². The number of nitrogens with zero attached hydrogens (tertiary/aromatic N) is 1. The number of nitro groups is 1. The minimum absolute atomic E-state index is 0.0480. The van der Waals surface area contributed by atoms with Crippen LogP contribution in [0.15, 0.2) is 18.2 Å². The van der Waals surface area contributed by atoms with Gasteiger partial charge < -0.3 is 10.1 Å². The fourth-order valence-electron chi connectivity index (χ4n) is 2.86. The largest absolute Gasteiger partial charge is 0.375 e. The molecule has 21 heavy (non-hydrogen) atoms. The van der Waals surface area contributed by atoms with Crippen LogP contribution in [-0.4, -0.2) is 23.2 Å². The van der Waals surface area contributed by atoms with Gasteiger partial charge in [0, 0.05) is 30.8 Å². The maximum atomic E-state index is 11.0. The summed E-state index contributed by atoms with van der Waals surface area (Å²) in [6, 6.07) is 5.67. The molecular formula is C16H24N2O3. The summed E-state index contributed by atoms with van der Waals surface area (Å²) in [5.41, 5.74) is 1.89. The molecule has 2 atom stereocenters. The molecule has 2 rings (SSSR count). The predicted octanol–water partition coefficient (Wildman–Crippen LogP) is 3.34. The van der Waals surface area contributed by atoms with Gasteiger partial charge in [-0.3, -0.25) is 10.1 Å². The quantitative estimate of drug-likeness (QED) is 0.667. The van der Waals surface area contributed by atoms with Crippen LogP contribution in [0.3, 0.4) is 0 Å². The van der Waals surface area contributed by atoms with Crippen LogP contribution in [0, 0.1) is 17.0 Å². The molecule has 0 bridgehead atoms. The molecule has 2 unspecified atom stereocenters. The lowest BCUT2D eigenvalue weighted by Gasteiger charge is -2.38. The normalized spacial score (nSPS) is 25.8. The maximum absolute atomic E-state index is 11.0. The van der Waals surface area contributed by atoms with Gasteiger partial charge in [0.25, 0.3) is 5.69 Å². The van der Waals surface area contributed by atoms with E-state index in [0.29, 0.717) is 12.6 Å². The lowest BCUT2D eigenvalue weighted by molar-refractivity contribution is -0.385. The Hall–Kier alpha value is -1.46. The van der Waals surface area contributed by atoms with Crippen LogP contribution in [0.25, 0.3) is 0 Å². The van der Waals surface area contributed by atoms with E-state index in [-0.39, 0.29) is 16.2 Å². The van der Waals surface area contributed by atoms with Gasteiger partial charge in [0.2, 0.25) is 0 Å². The summed E-state index contributed by atoms with van der Waals surface area (Å²) in [5, 5.41) is 14.5. The van der Waals surface area contributed by atoms with E-state index in [4.69, 9.17) is 4.74 Å². The molecule has 1 N–H and O–H groups in total. The number of nitrogens with one attached hydrogen (secondary N) is 1. The van der Waals surface area contributed by atoms with Crippen molar-refractivity contribution in [1.82, 2.24) is 5.32 Å². The summed E-state index contributed by atoms with van der Waals surface area (Å²) in [5.74, 6) is 0. The van der Waals surface area contributed by atoms with E-state index >= 15 is 0 Å². The van der Waals surface area contributed by atoms with Gasteiger partial charge >= 0.3 is 0 Å². The molecule has 1 saturated heterocycles. The summed E-state index contributed by atoms with van der Waals surface area (Å²) >= 11 is 0. The van der Waals surface area contributed by atoms with Crippen molar-refractivity contribution < 1.29 is 9.66 Å². The molecular weight excluding hydrogens is 268 g/mol. The Kier molecular flexibility index (Phi) is 4.96. The minimum atomic E-state index is -0.318. The zero-order valence-electron chi connectivity index (χ0n) is 13.0. The van der Waals surface area contributed by atoms with E-state index < -0.39 is 0 Å². The highest BCUT2D eigenvalue weighted by Crippen LogP contribution is 2.28. The molecule has 5 nitrogen and oxygen atoms in total. The van der Waals surface area contributed by atoms with Crippen LogP contribution in [0.1, 0.15) is 44.2 Å². The topological polar surface area (TPSA) is 64.4 Å². The highest BCUT2D eigenvalue weighted by atomic mass is 16.6. The van der Waals surface area contributed by atoms with Crippen molar-refractivity contribution in [2.75, 3.05) is 6.61 Å². The van der Waals surface area contributed by atoms with E-state index in [2.05, 4.69) is 19.2 Å². The molecule has 1 aliphatic heterocycles. The van der Waals surface area contributed by atoms with Gasteiger partial charge in [0.15, 0.2) is 0 Å². The monoisotopic (exact) mass is 292 g/mol. The molecule has 1 aromatic rings. The standard InChI is InChI=1S/C16H24N2O3/c1-4-16(3)10-14(8-9-21-16)17-11-13-6-5-7-15(12(13)2)18(19)20/h5-7,14,17H,4,8-11H2,1-3H3. The van der Waals surface area contributed by atoms with Crippen molar-refractivity contribution in [1.29, 1.82) is 0 Å². The molecule has 1 aromatic carbocycles. The van der Waals surface area contributed by atoms with Crippen LogP contribution >= 0.6 is 0 Å². The molecule has 0 radical (unpaired) electrons. The summed E-state index contributed by atoms with van der Waals surface area (Å²) in [6.45, 7) is 7.55. The fraction of sp³-hybridized carbons (Fsp3) is 0.625. The first kappa shape index (κ1) is 15.9. The number of nitro benzene ring substituents is 1. The highest BCUT2D eigenvalue weighted by molar-refractivity contribution is 5.44. The van der Waals surface area contributed by atoms with Gasteiger partial charge in [-0.1, -0.05) is 19.1 Å². The number of ether oxygens (including phenoxy) is 1. The molecule has 1 heterocycles. The second-order valence-corrected chi connectivity index (χ2v) is 6.04. The summed E-state index contributed by atoms with van der Waals surface area (Å²) in [4.78, 5) is 10.7. The molecule has 116 valence electrons. The van der Waals surface area contributed by atoms with Gasteiger partial charge in [0.05, 0.1) is 10.5 Å². The Morgan fingerprint density at radius 1 is 1.52 bits per heavy atom. The van der Waals surface area contributed by atoms with Crippen molar-refractivity contribution >= 4 is 5.69 Å². The maximum Gasteiger partial charge on any atom is 0.272 e. The SMILES string of the molecule is CCC1(C)CC(NCc2cccc([N+](=O)[O-])c2C)CCO1. The van der Waals surface area contributed by atoms with Gasteiger partial charge in [-0.15, -0.1) is 0 Å². The van der Waals surface area contributed by atoms with E-state index in [1.807, 2.05) is 13.0 Å². The Labute approximate surface area is 125 Å². The molecule has 0 spiro atoms. The van der Waals surface area contributed by atoms with Crippen LogP contribution in [0.5, 0.6) is 0 Å². The molecule has 0 amide bonds. The van der Waals surface area contributed by atoms with Gasteiger partial charge in [0.1, 0.15) is 0 Å². The zero-order chi connectivity index (χ0) is 15.5. The number of rotatable bonds is 5. The third-order valence-corrected chi connectivity index (χ3v) is 4.54. The van der Waals surface area contributed by atoms with Crippen molar-refractivity contribution in [3.05, 3.63) is 39.4 Å². The molecule has 0 aliphatic carbocycles. The van der Waals surface area contributed by atoms with E-state index in [9.17, 15) is 10.1 Å². The number of benzene rings is 1. The predicted molar refractivity (Wildman–Crippen MR) is 82.3 cm³/mol. The Morgan fingerprint density at radius 3 is 2.95 bits per heavy atom. The lowest BCUT2D eigenvalue weighted by atomic mass is 9.90. The number of hydrogen-bond acceptors (Lipinski definition) is 4. The van der Waals surface area contributed by atoms with Crippen molar-refractivity contribution in [3.8, 4) is 0 Å². The molecule has 5 heteroatoms. The average molecular weight is 292 g/mol. The van der Waals surface area contributed by atoms with E-state index in [1.165, 1.54) is 0 Å². The number of hydrogen-bond donors (Lipinski definition) is 1. The fourth-order valence-corrected chi connectivity index (χ4v) is 2.86. The second kappa shape index (κ2) is 6.54. The van der Waals surface area contributed by atoms with Crippen LogP contribution in [0.4, 0.5) is 5.69 Å². The summed E-state index contributed by atoms with van der Waals surface area (Å²) < 4.78 is 5.84. The third kappa shape index (κ3) is 3.80. The smallest absolute Gasteiger partial charge is 0.272 e. The Bertz CT molecular complexity index is 518. The van der Waals surface area contributed by atoms with Crippen molar-refractivity contribution in [2.24, 2.45) is 0 Å². The average Bonchev–Trinajstić information content (AvgIpc) is 2.46. The molecule has 1 aliphatic rings. The molecule has 1 fully saturated rings. The first-order valence-electron chi connectivity index (χ1n) is 7.55. The van der Waals surface area contributed by atoms with Gasteiger partial charge in [-0.25, -0.2) is 0 Å².